The van der Waals surface area contributed by atoms with Gasteiger partial charge in [0, 0.05) is 24.0 Å². The molecule has 138 valence electrons. The summed E-state index contributed by atoms with van der Waals surface area (Å²) < 4.78 is 10.6. The highest BCUT2D eigenvalue weighted by molar-refractivity contribution is 7.10. The molecule has 1 aromatic carbocycles. The largest absolute Gasteiger partial charge is 0.450 e. The van der Waals surface area contributed by atoms with Crippen molar-refractivity contribution in [2.75, 3.05) is 13.2 Å². The molecule has 4 rings (SSSR count). The second kappa shape index (κ2) is 7.00. The maximum absolute atomic E-state index is 12.3. The Kier molecular flexibility index (Phi) is 4.53. The van der Waals surface area contributed by atoms with E-state index in [4.69, 9.17) is 9.15 Å². The first-order valence-corrected chi connectivity index (χ1v) is 9.44. The van der Waals surface area contributed by atoms with Crippen molar-refractivity contribution < 1.29 is 18.7 Å². The van der Waals surface area contributed by atoms with Crippen LogP contribution in [0.1, 0.15) is 26.6 Å². The van der Waals surface area contributed by atoms with Crippen molar-refractivity contribution >= 4 is 34.2 Å². The third-order valence-electron chi connectivity index (χ3n) is 4.57. The Morgan fingerprint density at radius 3 is 2.96 bits per heavy atom. The maximum Gasteiger partial charge on any atom is 0.374 e. The van der Waals surface area contributed by atoms with Gasteiger partial charge < -0.3 is 14.1 Å². The van der Waals surface area contributed by atoms with E-state index < -0.39 is 5.97 Å². The Bertz CT molecular complexity index is 1100. The van der Waals surface area contributed by atoms with Crippen LogP contribution in [-0.2, 0) is 22.5 Å². The summed E-state index contributed by atoms with van der Waals surface area (Å²) in [5.74, 6) is -1.29. The average molecular weight is 383 g/mol. The third-order valence-corrected chi connectivity index (χ3v) is 5.59. The van der Waals surface area contributed by atoms with Gasteiger partial charge in [-0.15, -0.1) is 11.3 Å². The summed E-state index contributed by atoms with van der Waals surface area (Å²) in [5.41, 5.74) is 2.06. The molecule has 0 unspecified atom stereocenters. The van der Waals surface area contributed by atoms with E-state index in [1.54, 1.807) is 34.4 Å². The van der Waals surface area contributed by atoms with Gasteiger partial charge in [0.25, 0.3) is 5.91 Å². The van der Waals surface area contributed by atoms with E-state index in [2.05, 4.69) is 0 Å². The molecular formula is C20H17NO5S. The third kappa shape index (κ3) is 3.50. The van der Waals surface area contributed by atoms with Gasteiger partial charge in [-0.2, -0.15) is 0 Å². The zero-order valence-electron chi connectivity index (χ0n) is 14.7. The van der Waals surface area contributed by atoms with Crippen molar-refractivity contribution in [1.29, 1.82) is 0 Å². The molecule has 2 aromatic heterocycles. The van der Waals surface area contributed by atoms with Gasteiger partial charge in [0.05, 0.1) is 5.39 Å². The fourth-order valence-electron chi connectivity index (χ4n) is 3.12. The van der Waals surface area contributed by atoms with E-state index in [-0.39, 0.29) is 23.7 Å². The Labute approximate surface area is 159 Å². The molecule has 0 N–H and O–H groups in total. The number of carbonyl (C=O) groups excluding carboxylic acids is 2. The number of ether oxygens (including phenoxy) is 1. The topological polar surface area (TPSA) is 76.8 Å². The zero-order chi connectivity index (χ0) is 19.0. The summed E-state index contributed by atoms with van der Waals surface area (Å²) in [7, 11) is 0. The predicted octanol–water partition coefficient (Wildman–Crippen LogP) is 2.90. The number of aryl methyl sites for hydroxylation is 1. The van der Waals surface area contributed by atoms with Crippen LogP contribution in [0, 0.1) is 6.92 Å². The molecular weight excluding hydrogens is 366 g/mol. The average Bonchev–Trinajstić information content (AvgIpc) is 3.14. The van der Waals surface area contributed by atoms with E-state index in [1.807, 2.05) is 18.4 Å². The molecule has 6 nitrogen and oxygen atoms in total. The molecule has 3 heterocycles. The van der Waals surface area contributed by atoms with Gasteiger partial charge in [0.1, 0.15) is 5.58 Å². The Morgan fingerprint density at radius 2 is 2.11 bits per heavy atom. The number of rotatable bonds is 3. The fraction of sp³-hybridized carbons (Fsp3) is 0.250. The zero-order valence-corrected chi connectivity index (χ0v) is 15.5. The van der Waals surface area contributed by atoms with Crippen LogP contribution in [0.15, 0.2) is 44.9 Å². The molecule has 0 spiro atoms. The van der Waals surface area contributed by atoms with Crippen LogP contribution in [0.25, 0.3) is 11.0 Å². The summed E-state index contributed by atoms with van der Waals surface area (Å²) >= 11 is 1.69. The van der Waals surface area contributed by atoms with Crippen LogP contribution in [0.5, 0.6) is 0 Å². The molecule has 0 atom stereocenters. The molecule has 0 fully saturated rings. The molecule has 7 heteroatoms. The summed E-state index contributed by atoms with van der Waals surface area (Å²) in [4.78, 5) is 39.7. The lowest BCUT2D eigenvalue weighted by atomic mass is 10.1. The SMILES string of the molecule is Cc1ccc2oc(C(=O)OCC(=O)N3CCc4sccc4C3)cc(=O)c2c1. The number of thiophene rings is 1. The number of carbonyl (C=O) groups is 2. The van der Waals surface area contributed by atoms with Gasteiger partial charge >= 0.3 is 5.97 Å². The number of fused-ring (bicyclic) bond motifs is 2. The van der Waals surface area contributed by atoms with Gasteiger partial charge in [0.15, 0.2) is 12.0 Å². The van der Waals surface area contributed by atoms with Crippen LogP contribution in [0.4, 0.5) is 0 Å². The quantitative estimate of drug-likeness (QED) is 0.650. The highest BCUT2D eigenvalue weighted by Crippen LogP contribution is 2.24. The monoisotopic (exact) mass is 383 g/mol. The predicted molar refractivity (Wildman–Crippen MR) is 101 cm³/mol. The van der Waals surface area contributed by atoms with Crippen LogP contribution in [0.2, 0.25) is 0 Å². The van der Waals surface area contributed by atoms with E-state index >= 15 is 0 Å². The molecule has 1 aliphatic rings. The van der Waals surface area contributed by atoms with Crippen LogP contribution >= 0.6 is 11.3 Å². The van der Waals surface area contributed by atoms with Crippen molar-refractivity contribution in [3.05, 3.63) is 67.7 Å². The van der Waals surface area contributed by atoms with Gasteiger partial charge in [-0.3, -0.25) is 9.59 Å². The smallest absolute Gasteiger partial charge is 0.374 e. The van der Waals surface area contributed by atoms with Crippen LogP contribution < -0.4 is 5.43 Å². The van der Waals surface area contributed by atoms with Crippen LogP contribution in [-0.4, -0.2) is 29.9 Å². The van der Waals surface area contributed by atoms with Crippen LogP contribution in [0.3, 0.4) is 0 Å². The molecule has 0 saturated heterocycles. The minimum Gasteiger partial charge on any atom is -0.450 e. The summed E-state index contributed by atoms with van der Waals surface area (Å²) in [6.45, 7) is 2.62. The Hall–Kier alpha value is -2.93. The maximum atomic E-state index is 12.3. The molecule has 1 aliphatic heterocycles. The second-order valence-corrected chi connectivity index (χ2v) is 7.49. The van der Waals surface area contributed by atoms with Gasteiger partial charge in [-0.05, 0) is 42.5 Å². The number of amides is 1. The number of esters is 1. The van der Waals surface area contributed by atoms with Gasteiger partial charge in [-0.1, -0.05) is 11.6 Å². The molecule has 0 radical (unpaired) electrons. The first-order valence-electron chi connectivity index (χ1n) is 8.56. The summed E-state index contributed by atoms with van der Waals surface area (Å²) in [5, 5.41) is 2.42. The first kappa shape index (κ1) is 17.5. The minimum atomic E-state index is -0.823. The molecule has 1 amide bonds. The van der Waals surface area contributed by atoms with Gasteiger partial charge in [-0.25, -0.2) is 4.79 Å². The molecule has 3 aromatic rings. The highest BCUT2D eigenvalue weighted by Gasteiger charge is 2.23. The second-order valence-electron chi connectivity index (χ2n) is 6.48. The summed E-state index contributed by atoms with van der Waals surface area (Å²) in [6.07, 6.45) is 0.811. The number of hydrogen-bond acceptors (Lipinski definition) is 6. The molecule has 27 heavy (non-hydrogen) atoms. The Balaban J connectivity index is 1.44. The van der Waals surface area contributed by atoms with Crippen molar-refractivity contribution in [2.24, 2.45) is 0 Å². The number of benzene rings is 1. The molecule has 0 aliphatic carbocycles. The molecule has 0 saturated carbocycles. The molecule has 0 bridgehead atoms. The van der Waals surface area contributed by atoms with Crippen molar-refractivity contribution in [1.82, 2.24) is 4.90 Å². The lowest BCUT2D eigenvalue weighted by Crippen LogP contribution is -2.38. The standard InChI is InChI=1S/C20H17NO5S/c1-12-2-3-16-14(8-12)15(22)9-17(26-16)20(24)25-11-19(23)21-6-4-18-13(10-21)5-7-27-18/h2-3,5,7-9H,4,6,10-11H2,1H3. The van der Waals surface area contributed by atoms with E-state index in [0.717, 1.165) is 23.6 Å². The number of nitrogens with zero attached hydrogens (tertiary/aromatic N) is 1. The first-order chi connectivity index (χ1) is 13.0. The van der Waals surface area contributed by atoms with Crippen molar-refractivity contribution in [2.45, 2.75) is 19.9 Å². The number of hydrogen-bond donors (Lipinski definition) is 0. The fourth-order valence-corrected chi connectivity index (χ4v) is 4.01. The summed E-state index contributed by atoms with van der Waals surface area (Å²) in [6, 6.07) is 8.25. The normalized spacial score (nSPS) is 13.4. The van der Waals surface area contributed by atoms with Crippen molar-refractivity contribution in [3.63, 3.8) is 0 Å². The van der Waals surface area contributed by atoms with E-state index in [0.29, 0.717) is 24.1 Å². The lowest BCUT2D eigenvalue weighted by molar-refractivity contribution is -0.135. The van der Waals surface area contributed by atoms with Crippen molar-refractivity contribution in [3.8, 4) is 0 Å². The van der Waals surface area contributed by atoms with Gasteiger partial charge in [0.2, 0.25) is 5.76 Å². The highest BCUT2D eigenvalue weighted by atomic mass is 32.1. The Morgan fingerprint density at radius 1 is 1.26 bits per heavy atom. The minimum absolute atomic E-state index is 0.206. The lowest BCUT2D eigenvalue weighted by Gasteiger charge is -2.26. The van der Waals surface area contributed by atoms with E-state index in [9.17, 15) is 14.4 Å². The van der Waals surface area contributed by atoms with E-state index in [1.165, 1.54) is 4.88 Å².